The highest BCUT2D eigenvalue weighted by atomic mass is 16.6. The summed E-state index contributed by atoms with van der Waals surface area (Å²) in [5.41, 5.74) is 12.2. The van der Waals surface area contributed by atoms with Gasteiger partial charge in [-0.1, -0.05) is 6.08 Å². The largest absolute Gasteiger partial charge is 0.456 e. The number of nitrogens with two attached hydrogens (primary N) is 3. The quantitative estimate of drug-likeness (QED) is 0.120. The molecule has 12 heteroatoms. The van der Waals surface area contributed by atoms with E-state index < -0.39 is 53.9 Å². The molecule has 5 rings (SSSR count). The van der Waals surface area contributed by atoms with Crippen molar-refractivity contribution in [2.45, 2.75) is 127 Å². The van der Waals surface area contributed by atoms with Gasteiger partial charge in [0.15, 0.2) is 0 Å². The number of fused-ring (bicyclic) bond motifs is 2. The van der Waals surface area contributed by atoms with E-state index in [0.717, 1.165) is 38.8 Å². The molecule has 0 bridgehead atoms. The number of piperidine rings is 2. The molecule has 46 heavy (non-hydrogen) atoms. The lowest BCUT2D eigenvalue weighted by molar-refractivity contribution is -0.703. The summed E-state index contributed by atoms with van der Waals surface area (Å²) >= 11 is 0. The van der Waals surface area contributed by atoms with Crippen molar-refractivity contribution in [1.29, 1.82) is 0 Å². The first-order chi connectivity index (χ1) is 22.0. The third-order valence-electron chi connectivity index (χ3n) is 12.0. The fourth-order valence-corrected chi connectivity index (χ4v) is 9.24. The third-order valence-corrected chi connectivity index (χ3v) is 12.0. The number of hydrogen-bond donors (Lipinski definition) is 7. The van der Waals surface area contributed by atoms with Gasteiger partial charge in [-0.05, 0) is 84.1 Å². The standard InChI is InChI=1S/C34H58N4O8/c1-4-18(2)33(43)45-25-15-23-30(42)29-24(41)14-21(17-40)44-32(29)28(22(9-12-39)20-8-11-37-27(36)13-20)31(23)46-34(25,3)10-7-19-5-6-26(35)38-16-19/h4,19-23,25-32,37-40,42H,5-17,35-36H2,1-3H3/p+1. The number of allylic oxidation sites excluding steroid dienone is 1. The maximum absolute atomic E-state index is 13.7. The molecule has 1 aliphatic carbocycles. The van der Waals surface area contributed by atoms with Gasteiger partial charge in [-0.2, -0.15) is 0 Å². The van der Waals surface area contributed by atoms with Crippen LogP contribution in [0.1, 0.15) is 78.6 Å². The average Bonchev–Trinajstić information content (AvgIpc) is 3.04. The van der Waals surface area contributed by atoms with Crippen molar-refractivity contribution < 1.29 is 44.4 Å². The highest BCUT2D eigenvalue weighted by Crippen LogP contribution is 2.54. The Morgan fingerprint density at radius 2 is 2.00 bits per heavy atom. The normalized spacial score (nSPS) is 44.2. The van der Waals surface area contributed by atoms with Crippen molar-refractivity contribution in [1.82, 2.24) is 5.32 Å². The van der Waals surface area contributed by atoms with Gasteiger partial charge in [-0.25, -0.2) is 4.79 Å². The van der Waals surface area contributed by atoms with Crippen molar-refractivity contribution in [3.05, 3.63) is 11.6 Å². The lowest BCUT2D eigenvalue weighted by atomic mass is 9.57. The van der Waals surface area contributed by atoms with Gasteiger partial charge in [-0.15, -0.1) is 0 Å². The van der Waals surface area contributed by atoms with Crippen molar-refractivity contribution in [2.24, 2.45) is 47.0 Å². The predicted octanol–water partition coefficient (Wildman–Crippen LogP) is -0.325. The van der Waals surface area contributed by atoms with Gasteiger partial charge in [0.2, 0.25) is 0 Å². The minimum Gasteiger partial charge on any atom is -0.456 e. The molecule has 262 valence electrons. The molecular weight excluding hydrogens is 592 g/mol. The monoisotopic (exact) mass is 651 g/mol. The molecule has 4 aliphatic heterocycles. The molecule has 5 aliphatic rings. The summed E-state index contributed by atoms with van der Waals surface area (Å²) in [7, 11) is 0. The predicted molar refractivity (Wildman–Crippen MR) is 170 cm³/mol. The number of aliphatic hydroxyl groups is 3. The highest BCUT2D eigenvalue weighted by Gasteiger charge is 2.63. The molecule has 0 aromatic rings. The molecule has 4 saturated heterocycles. The number of esters is 1. The Morgan fingerprint density at radius 3 is 2.65 bits per heavy atom. The zero-order chi connectivity index (χ0) is 33.2. The van der Waals surface area contributed by atoms with Crippen LogP contribution in [0.5, 0.6) is 0 Å². The molecule has 0 radical (unpaired) electrons. The number of aliphatic hydroxyl groups excluding tert-OH is 3. The number of hydrogen-bond acceptors (Lipinski definition) is 11. The molecule has 12 nitrogen and oxygen atoms in total. The van der Waals surface area contributed by atoms with E-state index in [1.165, 1.54) is 0 Å². The topological polar surface area (TPSA) is 203 Å². The van der Waals surface area contributed by atoms with Crippen molar-refractivity contribution >= 4 is 11.8 Å². The zero-order valence-corrected chi connectivity index (χ0v) is 27.9. The SMILES string of the molecule is CC=C(C)C(=O)OC1CC2C(O)C3C(=O)CC(CO)OC3C(C(CCO)C3CCNC(N)C3)C2OC1(C)CCC1CCC(N)[NH2+]C1. The molecule has 5 fully saturated rings. The van der Waals surface area contributed by atoms with Crippen molar-refractivity contribution in [3.63, 3.8) is 0 Å². The summed E-state index contributed by atoms with van der Waals surface area (Å²) in [6.45, 7) is 6.88. The summed E-state index contributed by atoms with van der Waals surface area (Å²) in [5, 5.41) is 37.9. The second-order valence-electron chi connectivity index (χ2n) is 15.0. The van der Waals surface area contributed by atoms with E-state index in [2.05, 4.69) is 10.6 Å². The van der Waals surface area contributed by atoms with Crippen LogP contribution in [-0.2, 0) is 23.8 Å². The number of nitrogens with one attached hydrogen (secondary N) is 1. The van der Waals surface area contributed by atoms with Gasteiger partial charge in [0.1, 0.15) is 23.7 Å². The van der Waals surface area contributed by atoms with E-state index >= 15 is 0 Å². The Hall–Kier alpha value is -1.48. The van der Waals surface area contributed by atoms with E-state index in [-0.39, 0.29) is 55.5 Å². The van der Waals surface area contributed by atoms with E-state index in [9.17, 15) is 24.9 Å². The number of ether oxygens (including phenoxy) is 3. The second kappa shape index (κ2) is 15.4. The van der Waals surface area contributed by atoms with Gasteiger partial charge in [-0.3, -0.25) is 10.5 Å². The summed E-state index contributed by atoms with van der Waals surface area (Å²) in [6, 6.07) is 0. The minimum absolute atomic E-state index is 0.0290. The molecule has 14 atom stereocenters. The van der Waals surface area contributed by atoms with Crippen molar-refractivity contribution in [3.8, 4) is 0 Å². The zero-order valence-electron chi connectivity index (χ0n) is 27.9. The minimum atomic E-state index is -1.06. The number of carbonyl (C=O) groups is 2. The molecule has 0 aromatic heterocycles. The molecule has 0 aromatic carbocycles. The van der Waals surface area contributed by atoms with Crippen LogP contribution >= 0.6 is 0 Å². The smallest absolute Gasteiger partial charge is 0.333 e. The van der Waals surface area contributed by atoms with Crippen LogP contribution in [0, 0.1) is 35.5 Å². The van der Waals surface area contributed by atoms with Gasteiger partial charge < -0.3 is 45.9 Å². The average molecular weight is 652 g/mol. The summed E-state index contributed by atoms with van der Waals surface area (Å²) in [5.74, 6) is -1.67. The number of ketones is 1. The lowest BCUT2D eigenvalue weighted by Gasteiger charge is -2.60. The summed E-state index contributed by atoms with van der Waals surface area (Å²) in [4.78, 5) is 26.9. The maximum Gasteiger partial charge on any atom is 0.333 e. The molecule has 10 N–H and O–H groups in total. The third kappa shape index (κ3) is 7.55. The summed E-state index contributed by atoms with van der Waals surface area (Å²) in [6.07, 6.45) is 4.02. The Labute approximate surface area is 273 Å². The first-order valence-electron chi connectivity index (χ1n) is 17.7. The van der Waals surface area contributed by atoms with Crippen LogP contribution in [0.25, 0.3) is 0 Å². The molecular formula is C34H59N4O8+. The summed E-state index contributed by atoms with van der Waals surface area (Å²) < 4.78 is 19.9. The number of rotatable bonds is 10. The Kier molecular flexibility index (Phi) is 12.0. The Morgan fingerprint density at radius 1 is 1.22 bits per heavy atom. The number of carbonyl (C=O) groups excluding carboxylic acids is 2. The van der Waals surface area contributed by atoms with E-state index in [1.54, 1.807) is 19.9 Å². The highest BCUT2D eigenvalue weighted by molar-refractivity contribution is 5.87. The van der Waals surface area contributed by atoms with E-state index in [1.807, 2.05) is 6.92 Å². The van der Waals surface area contributed by atoms with Crippen LogP contribution in [0.2, 0.25) is 0 Å². The van der Waals surface area contributed by atoms with Gasteiger partial charge in [0.05, 0.1) is 49.7 Å². The number of quaternary nitrogens is 1. The van der Waals surface area contributed by atoms with E-state index in [0.29, 0.717) is 37.2 Å². The fraction of sp³-hybridized carbons (Fsp3) is 0.882. The molecule has 4 heterocycles. The van der Waals surface area contributed by atoms with Crippen LogP contribution < -0.4 is 22.1 Å². The van der Waals surface area contributed by atoms with Crippen molar-refractivity contribution in [2.75, 3.05) is 26.3 Å². The van der Waals surface area contributed by atoms with Crippen LogP contribution in [0.3, 0.4) is 0 Å². The Bertz CT molecular complexity index is 1090. The molecule has 0 spiro atoms. The first-order valence-corrected chi connectivity index (χ1v) is 17.7. The van der Waals surface area contributed by atoms with Crippen LogP contribution in [-0.4, -0.2) is 102 Å². The second-order valence-corrected chi connectivity index (χ2v) is 15.0. The molecule has 0 amide bonds. The maximum atomic E-state index is 13.7. The van der Waals surface area contributed by atoms with Crippen LogP contribution in [0.15, 0.2) is 11.6 Å². The Balaban J connectivity index is 1.52. The number of Topliss-reactive ketones (excluding diaryl/α,β-unsaturated/α-hetero) is 1. The molecule has 1 saturated carbocycles. The van der Waals surface area contributed by atoms with Crippen LogP contribution in [0.4, 0.5) is 0 Å². The lowest BCUT2D eigenvalue weighted by Crippen LogP contribution is -2.95. The first kappa shape index (κ1) is 35.8. The van der Waals surface area contributed by atoms with Gasteiger partial charge in [0, 0.05) is 42.8 Å². The van der Waals surface area contributed by atoms with Gasteiger partial charge >= 0.3 is 5.97 Å². The fourth-order valence-electron chi connectivity index (χ4n) is 9.24. The van der Waals surface area contributed by atoms with Gasteiger partial charge in [0.25, 0.3) is 0 Å². The van der Waals surface area contributed by atoms with E-state index in [4.69, 9.17) is 25.7 Å². The molecule has 14 unspecified atom stereocenters.